The molecule has 8 heteroatoms. The molecule has 0 N–H and O–H groups in total. The van der Waals surface area contributed by atoms with Crippen LogP contribution in [0.1, 0.15) is 39.7 Å². The smallest absolute Gasteiger partial charge is 0.328 e. The highest BCUT2D eigenvalue weighted by Gasteiger charge is 2.57. The number of nitro groups is 1. The highest BCUT2D eigenvalue weighted by atomic mass is 16.6. The molecule has 4 rings (SSSR count). The number of carbonyl (C=O) groups is 1. The van der Waals surface area contributed by atoms with E-state index in [-0.39, 0.29) is 17.8 Å². The molecular formula is C25H24N4O4. The van der Waals surface area contributed by atoms with E-state index < -0.39 is 22.4 Å². The largest absolute Gasteiger partial charge is 0.462 e. The second-order valence-corrected chi connectivity index (χ2v) is 8.42. The van der Waals surface area contributed by atoms with Crippen LogP contribution in [0.25, 0.3) is 22.0 Å². The zero-order valence-electron chi connectivity index (χ0n) is 18.9. The summed E-state index contributed by atoms with van der Waals surface area (Å²) in [5.74, 6) is -0.697. The molecule has 8 nitrogen and oxygen atoms in total. The van der Waals surface area contributed by atoms with Crippen molar-refractivity contribution in [2.45, 2.75) is 45.6 Å². The fraction of sp³-hybridized carbons (Fsp3) is 0.280. The maximum Gasteiger partial charge on any atom is 0.328 e. The highest BCUT2D eigenvalue weighted by Crippen LogP contribution is 2.45. The Bertz CT molecular complexity index is 1310. The number of carbonyl (C=O) groups excluding carboxylic acids is 1. The van der Waals surface area contributed by atoms with Gasteiger partial charge in [-0.25, -0.2) is 0 Å². The van der Waals surface area contributed by atoms with Crippen LogP contribution in [0, 0.1) is 10.1 Å². The van der Waals surface area contributed by atoms with Gasteiger partial charge in [0.2, 0.25) is 0 Å². The van der Waals surface area contributed by atoms with E-state index in [1.54, 1.807) is 40.1 Å². The molecule has 1 aliphatic heterocycles. The monoisotopic (exact) mass is 444 g/mol. The highest BCUT2D eigenvalue weighted by molar-refractivity contribution is 6.01. The quantitative estimate of drug-likeness (QED) is 0.316. The lowest BCUT2D eigenvalue weighted by atomic mass is 9.71. The number of aliphatic imine (C=N–C) groups is 1. The van der Waals surface area contributed by atoms with Gasteiger partial charge in [-0.05, 0) is 39.3 Å². The molecule has 3 aromatic rings. The summed E-state index contributed by atoms with van der Waals surface area (Å²) in [6.45, 7) is 6.73. The van der Waals surface area contributed by atoms with Crippen molar-refractivity contribution in [1.82, 2.24) is 9.97 Å². The van der Waals surface area contributed by atoms with Gasteiger partial charge in [-0.15, -0.1) is 0 Å². The van der Waals surface area contributed by atoms with E-state index in [1.807, 2.05) is 36.4 Å². The predicted molar refractivity (Wildman–Crippen MR) is 125 cm³/mol. The number of benzene rings is 1. The van der Waals surface area contributed by atoms with E-state index in [0.29, 0.717) is 22.2 Å². The van der Waals surface area contributed by atoms with Crippen LogP contribution in [0.5, 0.6) is 0 Å². The Hall–Kier alpha value is -3.94. The summed E-state index contributed by atoms with van der Waals surface area (Å²) in [6, 6.07) is 11.6. The van der Waals surface area contributed by atoms with Crippen LogP contribution in [-0.2, 0) is 14.9 Å². The number of fused-ring (bicyclic) bond motifs is 1. The second-order valence-electron chi connectivity index (χ2n) is 8.42. The van der Waals surface area contributed by atoms with Gasteiger partial charge in [0.05, 0.1) is 22.7 Å². The number of ether oxygens (including phenoxy) is 1. The molecule has 0 bridgehead atoms. The van der Waals surface area contributed by atoms with Gasteiger partial charge in [0.25, 0.3) is 5.70 Å². The summed E-state index contributed by atoms with van der Waals surface area (Å²) in [5.41, 5.74) is 1.46. The number of pyridine rings is 2. The molecule has 0 amide bonds. The maximum atomic E-state index is 13.7. The Balaban J connectivity index is 2.06. The zero-order valence-corrected chi connectivity index (χ0v) is 18.9. The van der Waals surface area contributed by atoms with E-state index in [4.69, 9.17) is 4.74 Å². The van der Waals surface area contributed by atoms with Gasteiger partial charge in [-0.3, -0.25) is 29.9 Å². The number of esters is 1. The molecule has 0 fully saturated rings. The van der Waals surface area contributed by atoms with Crippen molar-refractivity contribution in [1.29, 1.82) is 0 Å². The normalized spacial score (nSPS) is 18.4. The first-order valence-corrected chi connectivity index (χ1v) is 10.6. The summed E-state index contributed by atoms with van der Waals surface area (Å²) in [7, 11) is 0. The van der Waals surface area contributed by atoms with Crippen LogP contribution in [-0.4, -0.2) is 32.7 Å². The molecular weight excluding hydrogens is 420 g/mol. The molecule has 1 atom stereocenters. The first-order valence-electron chi connectivity index (χ1n) is 10.6. The Labute approximate surface area is 191 Å². The Morgan fingerprint density at radius 1 is 1.12 bits per heavy atom. The topological polar surface area (TPSA) is 108 Å². The summed E-state index contributed by atoms with van der Waals surface area (Å²) in [6.07, 6.45) is 4.38. The van der Waals surface area contributed by atoms with Crippen LogP contribution < -0.4 is 0 Å². The van der Waals surface area contributed by atoms with Crippen molar-refractivity contribution < 1.29 is 14.5 Å². The lowest BCUT2D eigenvalue weighted by molar-refractivity contribution is -0.436. The molecule has 2 aromatic heterocycles. The van der Waals surface area contributed by atoms with Gasteiger partial charge in [0, 0.05) is 41.0 Å². The molecule has 1 unspecified atom stereocenters. The fourth-order valence-electron chi connectivity index (χ4n) is 4.43. The second kappa shape index (κ2) is 8.54. The van der Waals surface area contributed by atoms with Gasteiger partial charge < -0.3 is 4.74 Å². The minimum atomic E-state index is -1.70. The molecule has 0 spiro atoms. The van der Waals surface area contributed by atoms with Gasteiger partial charge in [-0.2, -0.15) is 0 Å². The third-order valence-electron chi connectivity index (χ3n) is 5.68. The van der Waals surface area contributed by atoms with E-state index in [1.165, 1.54) is 6.20 Å². The summed E-state index contributed by atoms with van der Waals surface area (Å²) in [4.78, 5) is 38.6. The molecule has 33 heavy (non-hydrogen) atoms. The van der Waals surface area contributed by atoms with Crippen molar-refractivity contribution in [2.24, 2.45) is 4.99 Å². The van der Waals surface area contributed by atoms with Crippen LogP contribution in [0.15, 0.2) is 71.4 Å². The summed E-state index contributed by atoms with van der Waals surface area (Å²) < 4.78 is 5.61. The minimum absolute atomic E-state index is 0.0164. The maximum absolute atomic E-state index is 13.7. The SMILES string of the molecule is CC1=NC(C)=C([N+](=O)[O-])C(C(=O)OC(C)C)(c2cncc3ncc(-c4ccccc4)cc23)C1. The van der Waals surface area contributed by atoms with E-state index >= 15 is 0 Å². The van der Waals surface area contributed by atoms with Crippen molar-refractivity contribution in [3.8, 4) is 11.1 Å². The first kappa shape index (κ1) is 22.3. The molecule has 168 valence electrons. The van der Waals surface area contributed by atoms with Gasteiger partial charge >= 0.3 is 5.97 Å². The molecule has 1 aromatic carbocycles. The third-order valence-corrected chi connectivity index (χ3v) is 5.68. The Morgan fingerprint density at radius 2 is 1.85 bits per heavy atom. The number of rotatable bonds is 5. The van der Waals surface area contributed by atoms with E-state index in [0.717, 1.165) is 11.1 Å². The lowest BCUT2D eigenvalue weighted by Gasteiger charge is -2.33. The van der Waals surface area contributed by atoms with Crippen molar-refractivity contribution >= 4 is 22.6 Å². The molecule has 3 heterocycles. The number of hydrogen-bond acceptors (Lipinski definition) is 7. The van der Waals surface area contributed by atoms with E-state index in [2.05, 4.69) is 15.0 Å². The lowest BCUT2D eigenvalue weighted by Crippen LogP contribution is -2.46. The van der Waals surface area contributed by atoms with Gasteiger partial charge in [0.15, 0.2) is 5.41 Å². The Morgan fingerprint density at radius 3 is 2.52 bits per heavy atom. The van der Waals surface area contributed by atoms with Crippen molar-refractivity contribution in [2.75, 3.05) is 0 Å². The fourth-order valence-corrected chi connectivity index (χ4v) is 4.43. The molecule has 0 saturated carbocycles. The van der Waals surface area contributed by atoms with Crippen molar-refractivity contribution in [3.05, 3.63) is 82.1 Å². The first-order chi connectivity index (χ1) is 15.7. The molecule has 0 aliphatic carbocycles. The summed E-state index contributed by atoms with van der Waals surface area (Å²) >= 11 is 0. The summed E-state index contributed by atoms with van der Waals surface area (Å²) in [5, 5.41) is 12.9. The molecule has 0 radical (unpaired) electrons. The van der Waals surface area contributed by atoms with Crippen molar-refractivity contribution in [3.63, 3.8) is 0 Å². The third kappa shape index (κ3) is 3.88. The number of allylic oxidation sites excluding steroid dienone is 1. The number of nitrogens with zero attached hydrogens (tertiary/aromatic N) is 4. The molecule has 1 aliphatic rings. The Kier molecular flexibility index (Phi) is 5.76. The minimum Gasteiger partial charge on any atom is -0.462 e. The molecule has 0 saturated heterocycles. The van der Waals surface area contributed by atoms with Crippen LogP contribution >= 0.6 is 0 Å². The van der Waals surface area contributed by atoms with Gasteiger partial charge in [0.1, 0.15) is 5.70 Å². The van der Waals surface area contributed by atoms with Crippen LogP contribution in [0.4, 0.5) is 0 Å². The standard InChI is InChI=1S/C25H24N4O4/c1-15(2)33-24(30)25(11-16(3)28-17(4)23(25)29(31)32)21-13-26-14-22-20(21)10-19(12-27-22)18-8-6-5-7-9-18/h5-10,12-15H,11H2,1-4H3. The van der Waals surface area contributed by atoms with Crippen LogP contribution in [0.3, 0.4) is 0 Å². The predicted octanol–water partition coefficient (Wildman–Crippen LogP) is 4.86. The number of hydrogen-bond donors (Lipinski definition) is 0. The average molecular weight is 444 g/mol. The average Bonchev–Trinajstić information content (AvgIpc) is 2.77. The van der Waals surface area contributed by atoms with Crippen LogP contribution in [0.2, 0.25) is 0 Å². The van der Waals surface area contributed by atoms with Gasteiger partial charge in [-0.1, -0.05) is 30.3 Å². The van der Waals surface area contributed by atoms with E-state index in [9.17, 15) is 14.9 Å². The number of aromatic nitrogens is 2. The zero-order chi connectivity index (χ0) is 23.8.